The lowest BCUT2D eigenvalue weighted by Gasteiger charge is -2.20. The van der Waals surface area contributed by atoms with E-state index in [1.807, 2.05) is 6.92 Å². The van der Waals surface area contributed by atoms with E-state index in [2.05, 4.69) is 15.5 Å². The molecule has 0 bridgehead atoms. The van der Waals surface area contributed by atoms with E-state index in [-0.39, 0.29) is 22.9 Å². The molecule has 1 aromatic heterocycles. The summed E-state index contributed by atoms with van der Waals surface area (Å²) in [5.41, 5.74) is 0.883. The second-order valence-corrected chi connectivity index (χ2v) is 8.23. The third-order valence-corrected chi connectivity index (χ3v) is 6.84. The molecule has 2 rings (SSSR count). The first-order valence-electron chi connectivity index (χ1n) is 8.79. The Morgan fingerprint density at radius 1 is 1.30 bits per heavy atom. The molecule has 0 radical (unpaired) electrons. The van der Waals surface area contributed by atoms with Crippen molar-refractivity contribution in [1.29, 1.82) is 0 Å². The molecule has 8 nitrogen and oxygen atoms in total. The van der Waals surface area contributed by atoms with Gasteiger partial charge in [-0.25, -0.2) is 8.42 Å². The van der Waals surface area contributed by atoms with Crippen LogP contribution in [-0.4, -0.2) is 46.5 Å². The van der Waals surface area contributed by atoms with Gasteiger partial charge in [0.25, 0.3) is 5.91 Å². The topological polar surface area (TPSA) is 100 Å². The maximum atomic E-state index is 12.8. The minimum atomic E-state index is -3.64. The van der Waals surface area contributed by atoms with Crippen LogP contribution >= 0.6 is 12.2 Å². The van der Waals surface area contributed by atoms with E-state index in [0.29, 0.717) is 35.8 Å². The van der Waals surface area contributed by atoms with Gasteiger partial charge in [-0.3, -0.25) is 9.89 Å². The summed E-state index contributed by atoms with van der Waals surface area (Å²) in [6.07, 6.45) is 0. The van der Waals surface area contributed by atoms with E-state index in [9.17, 15) is 13.2 Å². The Hall–Kier alpha value is -2.04. The van der Waals surface area contributed by atoms with E-state index in [1.165, 1.54) is 10.4 Å². The minimum Gasteiger partial charge on any atom is -0.345 e. The fourth-order valence-corrected chi connectivity index (χ4v) is 4.78. The highest BCUT2D eigenvalue weighted by atomic mass is 32.2. The molecule has 0 atom stereocenters. The van der Waals surface area contributed by atoms with Crippen LogP contribution in [0.25, 0.3) is 0 Å². The molecule has 27 heavy (non-hydrogen) atoms. The highest BCUT2D eigenvalue weighted by Gasteiger charge is 2.24. The van der Waals surface area contributed by atoms with Crippen LogP contribution in [0.5, 0.6) is 0 Å². The molecule has 10 heteroatoms. The number of aromatic nitrogens is 3. The molecule has 0 unspecified atom stereocenters. The smallest absolute Gasteiger partial charge is 0.251 e. The second-order valence-electron chi connectivity index (χ2n) is 5.94. The van der Waals surface area contributed by atoms with Gasteiger partial charge in [-0.2, -0.15) is 9.40 Å². The Labute approximate surface area is 164 Å². The van der Waals surface area contributed by atoms with Crippen molar-refractivity contribution in [2.24, 2.45) is 0 Å². The number of rotatable bonds is 8. The van der Waals surface area contributed by atoms with Crippen LogP contribution in [-0.2, 0) is 23.1 Å². The zero-order valence-corrected chi connectivity index (χ0v) is 17.6. The fourth-order valence-electron chi connectivity index (χ4n) is 2.79. The van der Waals surface area contributed by atoms with Gasteiger partial charge in [0.1, 0.15) is 0 Å². The molecular formula is C17H25N5O3S2. The number of benzene rings is 1. The normalized spacial score (nSPS) is 11.7. The summed E-state index contributed by atoms with van der Waals surface area (Å²) in [5, 5.41) is 9.55. The van der Waals surface area contributed by atoms with Crippen LogP contribution in [0, 0.1) is 11.7 Å². The zero-order valence-electron chi connectivity index (χ0n) is 15.9. The number of hydrogen-bond donors (Lipinski definition) is 2. The number of amides is 1. The van der Waals surface area contributed by atoms with Crippen molar-refractivity contribution in [2.45, 2.75) is 45.7 Å². The van der Waals surface area contributed by atoms with Crippen LogP contribution < -0.4 is 5.32 Å². The summed E-state index contributed by atoms with van der Waals surface area (Å²) in [7, 11) is -3.64. The highest BCUT2D eigenvalue weighted by molar-refractivity contribution is 7.89. The molecule has 0 aliphatic rings. The summed E-state index contributed by atoms with van der Waals surface area (Å²) >= 11 is 5.13. The van der Waals surface area contributed by atoms with Crippen molar-refractivity contribution >= 4 is 28.1 Å². The Balaban J connectivity index is 2.26. The summed E-state index contributed by atoms with van der Waals surface area (Å²) in [5.74, 6) is 0.238. The second kappa shape index (κ2) is 8.77. The number of H-pyrrole nitrogens is 1. The number of aromatic amines is 1. The standard InChI is InChI=1S/C17H25N5O3S2/c1-5-21(6-2)27(24,25)14-10-13(9-8-12(14)4)16(23)18-11-15-19-20-17(26)22(15)7-3/h8-10H,5-7,11H2,1-4H3,(H,18,23)(H,20,26). The molecule has 2 aromatic rings. The molecule has 148 valence electrons. The fraction of sp³-hybridized carbons (Fsp3) is 0.471. The first-order chi connectivity index (χ1) is 12.8. The SMILES string of the molecule is CCN(CC)S(=O)(=O)c1cc(C(=O)NCc2n[nH]c(=S)n2CC)ccc1C. The Morgan fingerprint density at radius 2 is 1.96 bits per heavy atom. The zero-order chi connectivity index (χ0) is 20.2. The van der Waals surface area contributed by atoms with Crippen molar-refractivity contribution in [3.05, 3.63) is 39.9 Å². The number of aryl methyl sites for hydroxylation is 1. The molecule has 1 heterocycles. The molecule has 0 saturated carbocycles. The van der Waals surface area contributed by atoms with Gasteiger partial charge >= 0.3 is 0 Å². The van der Waals surface area contributed by atoms with Crippen molar-refractivity contribution in [3.63, 3.8) is 0 Å². The van der Waals surface area contributed by atoms with Crippen LogP contribution in [0.2, 0.25) is 0 Å². The predicted octanol–water partition coefficient (Wildman–Crippen LogP) is 2.23. The van der Waals surface area contributed by atoms with Gasteiger partial charge in [0.2, 0.25) is 10.0 Å². The number of carbonyl (C=O) groups is 1. The molecule has 0 spiro atoms. The van der Waals surface area contributed by atoms with Crippen LogP contribution in [0.3, 0.4) is 0 Å². The summed E-state index contributed by atoms with van der Waals surface area (Å²) in [4.78, 5) is 12.7. The number of sulfonamides is 1. The van der Waals surface area contributed by atoms with E-state index < -0.39 is 10.0 Å². The minimum absolute atomic E-state index is 0.148. The number of nitrogens with one attached hydrogen (secondary N) is 2. The maximum Gasteiger partial charge on any atom is 0.251 e. The predicted molar refractivity (Wildman–Crippen MR) is 106 cm³/mol. The van der Waals surface area contributed by atoms with Gasteiger partial charge in [0, 0.05) is 25.2 Å². The summed E-state index contributed by atoms with van der Waals surface area (Å²) in [6, 6.07) is 4.69. The number of hydrogen-bond acceptors (Lipinski definition) is 5. The van der Waals surface area contributed by atoms with Gasteiger partial charge in [0.15, 0.2) is 10.6 Å². The van der Waals surface area contributed by atoms with Gasteiger partial charge in [-0.1, -0.05) is 19.9 Å². The van der Waals surface area contributed by atoms with Gasteiger partial charge < -0.3 is 9.88 Å². The lowest BCUT2D eigenvalue weighted by molar-refractivity contribution is 0.0949. The summed E-state index contributed by atoms with van der Waals surface area (Å²) < 4.78 is 29.3. The molecule has 0 aliphatic carbocycles. The van der Waals surface area contributed by atoms with Crippen LogP contribution in [0.1, 0.15) is 42.5 Å². The van der Waals surface area contributed by atoms with E-state index >= 15 is 0 Å². The van der Waals surface area contributed by atoms with E-state index in [1.54, 1.807) is 37.5 Å². The Morgan fingerprint density at radius 3 is 2.56 bits per heavy atom. The molecule has 0 aliphatic heterocycles. The molecule has 2 N–H and O–H groups in total. The largest absolute Gasteiger partial charge is 0.345 e. The van der Waals surface area contributed by atoms with Crippen LogP contribution in [0.4, 0.5) is 0 Å². The van der Waals surface area contributed by atoms with Gasteiger partial charge in [0.05, 0.1) is 11.4 Å². The van der Waals surface area contributed by atoms with Crippen molar-refractivity contribution < 1.29 is 13.2 Å². The van der Waals surface area contributed by atoms with E-state index in [4.69, 9.17) is 12.2 Å². The first kappa shape index (κ1) is 21.3. The monoisotopic (exact) mass is 411 g/mol. The molecule has 1 aromatic carbocycles. The molecule has 0 fully saturated rings. The molecule has 1 amide bonds. The Bertz CT molecular complexity index is 975. The molecule has 0 saturated heterocycles. The average molecular weight is 412 g/mol. The lowest BCUT2D eigenvalue weighted by Crippen LogP contribution is -2.31. The summed E-state index contributed by atoms with van der Waals surface area (Å²) in [6.45, 7) is 8.78. The quantitative estimate of drug-likeness (QED) is 0.649. The van der Waals surface area contributed by atoms with Gasteiger partial charge in [-0.05, 0) is 43.8 Å². The number of nitrogens with zero attached hydrogens (tertiary/aromatic N) is 3. The molecular weight excluding hydrogens is 386 g/mol. The number of carbonyl (C=O) groups excluding carboxylic acids is 1. The van der Waals surface area contributed by atoms with Gasteiger partial charge in [-0.15, -0.1) is 0 Å². The first-order valence-corrected chi connectivity index (χ1v) is 10.6. The average Bonchev–Trinajstić information content (AvgIpc) is 3.00. The van der Waals surface area contributed by atoms with Crippen molar-refractivity contribution in [1.82, 2.24) is 24.4 Å². The maximum absolute atomic E-state index is 12.8. The third kappa shape index (κ3) is 4.45. The van der Waals surface area contributed by atoms with Crippen molar-refractivity contribution in [3.8, 4) is 0 Å². The van der Waals surface area contributed by atoms with E-state index in [0.717, 1.165) is 0 Å². The lowest BCUT2D eigenvalue weighted by atomic mass is 10.1. The third-order valence-electron chi connectivity index (χ3n) is 4.33. The Kier molecular flexibility index (Phi) is 6.90. The highest BCUT2D eigenvalue weighted by Crippen LogP contribution is 2.21. The van der Waals surface area contributed by atoms with Crippen molar-refractivity contribution in [2.75, 3.05) is 13.1 Å². The van der Waals surface area contributed by atoms with Crippen LogP contribution in [0.15, 0.2) is 23.1 Å².